The van der Waals surface area contributed by atoms with E-state index in [9.17, 15) is 0 Å². The van der Waals surface area contributed by atoms with Crippen molar-refractivity contribution in [2.24, 2.45) is 0 Å². The van der Waals surface area contributed by atoms with Crippen molar-refractivity contribution in [3.63, 3.8) is 0 Å². The molecule has 2 heterocycles. The fraction of sp³-hybridized carbons (Fsp3) is 0.100. The zero-order valence-corrected chi connectivity index (χ0v) is 8.25. The topological polar surface area (TPSA) is 40.7 Å². The first-order valence-electron chi connectivity index (χ1n) is 4.32. The highest BCUT2D eigenvalue weighted by atomic mass is 35.5. The monoisotopic (exact) mass is 207 g/mol. The van der Waals surface area contributed by atoms with Crippen molar-refractivity contribution in [1.29, 1.82) is 0 Å². The van der Waals surface area contributed by atoms with E-state index in [4.69, 9.17) is 11.6 Å². The zero-order chi connectivity index (χ0) is 9.80. The van der Waals surface area contributed by atoms with Gasteiger partial charge in [-0.1, -0.05) is 11.6 Å². The van der Waals surface area contributed by atoms with Gasteiger partial charge in [-0.05, 0) is 23.8 Å². The van der Waals surface area contributed by atoms with Crippen LogP contribution in [-0.4, -0.2) is 9.97 Å². The number of aromatic amines is 1. The summed E-state index contributed by atoms with van der Waals surface area (Å²) < 4.78 is 0. The molecule has 2 rings (SSSR count). The van der Waals surface area contributed by atoms with Crippen molar-refractivity contribution in [2.45, 2.75) is 6.54 Å². The number of pyridine rings is 1. The van der Waals surface area contributed by atoms with E-state index in [0.29, 0.717) is 5.15 Å². The van der Waals surface area contributed by atoms with Gasteiger partial charge >= 0.3 is 0 Å². The van der Waals surface area contributed by atoms with Crippen molar-refractivity contribution in [1.82, 2.24) is 9.97 Å². The van der Waals surface area contributed by atoms with E-state index in [2.05, 4.69) is 15.3 Å². The lowest BCUT2D eigenvalue weighted by Gasteiger charge is -2.04. The van der Waals surface area contributed by atoms with E-state index in [0.717, 1.165) is 12.2 Å². The number of hydrogen-bond acceptors (Lipinski definition) is 2. The average Bonchev–Trinajstić information content (AvgIpc) is 2.67. The molecule has 0 aromatic carbocycles. The second kappa shape index (κ2) is 4.15. The number of hydrogen-bond donors (Lipinski definition) is 2. The smallest absolute Gasteiger partial charge is 0.131 e. The maximum atomic E-state index is 5.75. The maximum Gasteiger partial charge on any atom is 0.131 e. The van der Waals surface area contributed by atoms with Gasteiger partial charge in [0.1, 0.15) is 5.15 Å². The van der Waals surface area contributed by atoms with Gasteiger partial charge in [-0.2, -0.15) is 0 Å². The molecule has 0 bridgehead atoms. The molecule has 0 saturated carbocycles. The molecule has 3 nitrogen and oxygen atoms in total. The third-order valence-corrected chi connectivity index (χ3v) is 2.09. The molecular weight excluding hydrogens is 198 g/mol. The standard InChI is InChI=1S/C10H10ClN3/c11-10-5-9(2-4-13-10)14-7-8-1-3-12-6-8/h1-6,12H,7H2,(H,13,14). The normalized spacial score (nSPS) is 10.1. The van der Waals surface area contributed by atoms with Gasteiger partial charge in [-0.3, -0.25) is 0 Å². The molecule has 0 radical (unpaired) electrons. The summed E-state index contributed by atoms with van der Waals surface area (Å²) in [5.41, 5.74) is 2.18. The highest BCUT2D eigenvalue weighted by Crippen LogP contribution is 2.12. The summed E-state index contributed by atoms with van der Waals surface area (Å²) in [4.78, 5) is 6.90. The molecule has 4 heteroatoms. The Bertz CT molecular complexity index is 398. The molecule has 0 atom stereocenters. The molecule has 0 fully saturated rings. The Hall–Kier alpha value is -1.48. The third kappa shape index (κ3) is 2.26. The number of halogens is 1. The van der Waals surface area contributed by atoms with Crippen molar-refractivity contribution in [3.8, 4) is 0 Å². The summed E-state index contributed by atoms with van der Waals surface area (Å²) in [6.45, 7) is 0.782. The van der Waals surface area contributed by atoms with Crippen LogP contribution in [0.25, 0.3) is 0 Å². The van der Waals surface area contributed by atoms with E-state index in [1.54, 1.807) is 12.3 Å². The Morgan fingerprint density at radius 1 is 1.43 bits per heavy atom. The molecule has 14 heavy (non-hydrogen) atoms. The zero-order valence-electron chi connectivity index (χ0n) is 7.50. The van der Waals surface area contributed by atoms with Crippen LogP contribution in [-0.2, 0) is 6.54 Å². The lowest BCUT2D eigenvalue weighted by Crippen LogP contribution is -1.97. The Morgan fingerprint density at radius 2 is 2.36 bits per heavy atom. The number of aromatic nitrogens is 2. The van der Waals surface area contributed by atoms with Crippen LogP contribution in [0.2, 0.25) is 5.15 Å². The largest absolute Gasteiger partial charge is 0.381 e. The Labute approximate surface area is 87.1 Å². The van der Waals surface area contributed by atoms with E-state index < -0.39 is 0 Å². The number of rotatable bonds is 3. The van der Waals surface area contributed by atoms with Gasteiger partial charge in [-0.15, -0.1) is 0 Å². The summed E-state index contributed by atoms with van der Waals surface area (Å²) in [5, 5.41) is 3.75. The van der Waals surface area contributed by atoms with Crippen molar-refractivity contribution in [2.75, 3.05) is 5.32 Å². The van der Waals surface area contributed by atoms with E-state index in [1.807, 2.05) is 24.5 Å². The van der Waals surface area contributed by atoms with Crippen LogP contribution in [0.5, 0.6) is 0 Å². The number of nitrogens with zero attached hydrogens (tertiary/aromatic N) is 1. The van der Waals surface area contributed by atoms with Crippen LogP contribution in [0.1, 0.15) is 5.56 Å². The highest BCUT2D eigenvalue weighted by Gasteiger charge is 1.95. The fourth-order valence-corrected chi connectivity index (χ4v) is 1.36. The minimum absolute atomic E-state index is 0.504. The Kier molecular flexibility index (Phi) is 2.70. The van der Waals surface area contributed by atoms with E-state index in [1.165, 1.54) is 5.56 Å². The van der Waals surface area contributed by atoms with Crippen LogP contribution >= 0.6 is 11.6 Å². The van der Waals surface area contributed by atoms with Crippen molar-refractivity contribution < 1.29 is 0 Å². The van der Waals surface area contributed by atoms with Gasteiger partial charge in [-0.25, -0.2) is 4.98 Å². The molecule has 2 N–H and O–H groups in total. The molecule has 2 aromatic rings. The van der Waals surface area contributed by atoms with Gasteiger partial charge in [0.15, 0.2) is 0 Å². The number of anilines is 1. The summed E-state index contributed by atoms with van der Waals surface area (Å²) in [7, 11) is 0. The summed E-state index contributed by atoms with van der Waals surface area (Å²) in [6.07, 6.45) is 5.54. The van der Waals surface area contributed by atoms with Crippen LogP contribution in [0, 0.1) is 0 Å². The molecule has 0 aliphatic carbocycles. The van der Waals surface area contributed by atoms with Crippen LogP contribution in [0.3, 0.4) is 0 Å². The van der Waals surface area contributed by atoms with E-state index in [-0.39, 0.29) is 0 Å². The first kappa shape index (κ1) is 9.09. The molecule has 0 aliphatic heterocycles. The van der Waals surface area contributed by atoms with Crippen LogP contribution < -0.4 is 5.32 Å². The van der Waals surface area contributed by atoms with Crippen LogP contribution in [0.15, 0.2) is 36.8 Å². The lowest BCUT2D eigenvalue weighted by atomic mass is 10.3. The summed E-state index contributed by atoms with van der Waals surface area (Å²) in [6, 6.07) is 5.71. The number of H-pyrrole nitrogens is 1. The molecule has 0 saturated heterocycles. The van der Waals surface area contributed by atoms with Gasteiger partial charge in [0.25, 0.3) is 0 Å². The molecule has 0 unspecified atom stereocenters. The quantitative estimate of drug-likeness (QED) is 0.760. The predicted molar refractivity (Wildman–Crippen MR) is 57.4 cm³/mol. The first-order valence-corrected chi connectivity index (χ1v) is 4.69. The molecule has 0 aliphatic rings. The van der Waals surface area contributed by atoms with Crippen molar-refractivity contribution >= 4 is 17.3 Å². The maximum absolute atomic E-state index is 5.75. The molecular formula is C10H10ClN3. The lowest BCUT2D eigenvalue weighted by molar-refractivity contribution is 1.15. The molecule has 0 spiro atoms. The van der Waals surface area contributed by atoms with Crippen LogP contribution in [0.4, 0.5) is 5.69 Å². The van der Waals surface area contributed by atoms with Gasteiger partial charge in [0.2, 0.25) is 0 Å². The fourth-order valence-electron chi connectivity index (χ4n) is 1.18. The average molecular weight is 208 g/mol. The van der Waals surface area contributed by atoms with E-state index >= 15 is 0 Å². The Balaban J connectivity index is 1.98. The first-order chi connectivity index (χ1) is 6.84. The third-order valence-electron chi connectivity index (χ3n) is 1.89. The summed E-state index contributed by atoms with van der Waals surface area (Å²) in [5.74, 6) is 0. The molecule has 72 valence electrons. The molecule has 2 aromatic heterocycles. The Morgan fingerprint density at radius 3 is 3.07 bits per heavy atom. The SMILES string of the molecule is Clc1cc(NCc2cc[nH]c2)ccn1. The second-order valence-corrected chi connectivity index (χ2v) is 3.33. The van der Waals surface area contributed by atoms with Crippen molar-refractivity contribution in [3.05, 3.63) is 47.5 Å². The minimum Gasteiger partial charge on any atom is -0.381 e. The second-order valence-electron chi connectivity index (χ2n) is 2.94. The highest BCUT2D eigenvalue weighted by molar-refractivity contribution is 6.29. The van der Waals surface area contributed by atoms with Gasteiger partial charge < -0.3 is 10.3 Å². The van der Waals surface area contributed by atoms with Gasteiger partial charge in [0, 0.05) is 30.8 Å². The molecule has 0 amide bonds. The summed E-state index contributed by atoms with van der Waals surface area (Å²) >= 11 is 5.75. The predicted octanol–water partition coefficient (Wildman–Crippen LogP) is 2.68. The number of nitrogens with one attached hydrogen (secondary N) is 2. The van der Waals surface area contributed by atoms with Gasteiger partial charge in [0.05, 0.1) is 0 Å². The minimum atomic E-state index is 0.504.